The van der Waals surface area contributed by atoms with Crippen LogP contribution in [0.2, 0.25) is 0 Å². The zero-order valence-corrected chi connectivity index (χ0v) is 18.1. The molecule has 2 aliphatic rings. The largest absolute Gasteiger partial charge is 0.461 e. The number of aromatic nitrogens is 3. The number of thioether (sulfide) groups is 1. The van der Waals surface area contributed by atoms with Crippen LogP contribution < -0.4 is 5.32 Å². The number of furan rings is 1. The van der Waals surface area contributed by atoms with E-state index in [0.29, 0.717) is 24.4 Å². The van der Waals surface area contributed by atoms with E-state index in [0.717, 1.165) is 35.3 Å². The van der Waals surface area contributed by atoms with Crippen LogP contribution in [0.15, 0.2) is 27.8 Å². The Morgan fingerprint density at radius 2 is 2.14 bits per heavy atom. The van der Waals surface area contributed by atoms with Crippen LogP contribution in [0, 0.1) is 5.92 Å². The van der Waals surface area contributed by atoms with Crippen molar-refractivity contribution in [3.63, 3.8) is 0 Å². The molecule has 1 amide bonds. The lowest BCUT2D eigenvalue weighted by atomic mass is 10.2. The fraction of sp³-hybridized carbons (Fsp3) is 0.591. The minimum atomic E-state index is -0.0928. The third-order valence-corrected chi connectivity index (χ3v) is 6.65. The molecule has 156 valence electrons. The Hall–Kier alpha value is -2.02. The molecule has 29 heavy (non-hydrogen) atoms. The Labute approximate surface area is 176 Å². The highest BCUT2D eigenvalue weighted by atomic mass is 32.2. The van der Waals surface area contributed by atoms with Gasteiger partial charge in [0, 0.05) is 31.0 Å². The topological polar surface area (TPSA) is 73.0 Å². The summed E-state index contributed by atoms with van der Waals surface area (Å²) >= 11 is 1.66. The number of carbonyl (C=O) groups excluding carboxylic acids is 1. The molecule has 0 saturated heterocycles. The van der Waals surface area contributed by atoms with Gasteiger partial charge in [-0.1, -0.05) is 31.5 Å². The maximum Gasteiger partial charge on any atom is 0.244 e. The zero-order chi connectivity index (χ0) is 20.2. The summed E-state index contributed by atoms with van der Waals surface area (Å²) in [6, 6.07) is 4.50. The van der Waals surface area contributed by atoms with Gasteiger partial charge < -0.3 is 14.3 Å². The quantitative estimate of drug-likeness (QED) is 0.369. The predicted octanol–water partition coefficient (Wildman–Crippen LogP) is 4.59. The molecule has 7 heteroatoms. The van der Waals surface area contributed by atoms with Crippen molar-refractivity contribution >= 4 is 23.7 Å². The molecule has 2 fully saturated rings. The van der Waals surface area contributed by atoms with Crippen LogP contribution in [0.4, 0.5) is 0 Å². The highest BCUT2D eigenvalue weighted by Crippen LogP contribution is 2.47. The van der Waals surface area contributed by atoms with E-state index < -0.39 is 0 Å². The Morgan fingerprint density at radius 3 is 2.86 bits per heavy atom. The van der Waals surface area contributed by atoms with Gasteiger partial charge in [-0.25, -0.2) is 0 Å². The standard InChI is InChI=1S/C22H30N4O2S/c1-15-14-18(15)19-11-9-17(28-19)10-12-21(27)23-13-5-8-20-24-25-22(29-2)26(20)16-6-3-4-7-16/h9-12,15-16,18H,3-8,13-14H2,1-2H3,(H,23,27)/b12-10+/t15-,18-/m1/s1. The lowest BCUT2D eigenvalue weighted by molar-refractivity contribution is -0.116. The summed E-state index contributed by atoms with van der Waals surface area (Å²) in [6.07, 6.45) is 13.2. The van der Waals surface area contributed by atoms with Gasteiger partial charge in [0.1, 0.15) is 17.3 Å². The fourth-order valence-corrected chi connectivity index (χ4v) is 4.77. The van der Waals surface area contributed by atoms with Crippen molar-refractivity contribution < 1.29 is 9.21 Å². The van der Waals surface area contributed by atoms with Crippen molar-refractivity contribution in [2.75, 3.05) is 12.8 Å². The molecular formula is C22H30N4O2S. The predicted molar refractivity (Wildman–Crippen MR) is 115 cm³/mol. The van der Waals surface area contributed by atoms with Gasteiger partial charge in [0.15, 0.2) is 5.16 Å². The second-order valence-electron chi connectivity index (χ2n) is 8.20. The Bertz CT molecular complexity index is 866. The number of nitrogens with one attached hydrogen (secondary N) is 1. The molecular weight excluding hydrogens is 384 g/mol. The number of nitrogens with zero attached hydrogens (tertiary/aromatic N) is 3. The van der Waals surface area contributed by atoms with Crippen molar-refractivity contribution in [3.8, 4) is 0 Å². The van der Waals surface area contributed by atoms with E-state index in [-0.39, 0.29) is 5.91 Å². The molecule has 0 bridgehead atoms. The van der Waals surface area contributed by atoms with Gasteiger partial charge in [-0.2, -0.15) is 0 Å². The van der Waals surface area contributed by atoms with Crippen LogP contribution in [0.5, 0.6) is 0 Å². The SMILES string of the molecule is CSc1nnc(CCCNC(=O)/C=C/c2ccc([C@@H]3C[C@H]3C)o2)n1C1CCCC1. The van der Waals surface area contributed by atoms with E-state index in [2.05, 4.69) is 33.3 Å². The highest BCUT2D eigenvalue weighted by Gasteiger charge is 2.36. The maximum atomic E-state index is 12.1. The average molecular weight is 415 g/mol. The smallest absolute Gasteiger partial charge is 0.244 e. The average Bonchev–Trinajstić information content (AvgIpc) is 3.18. The summed E-state index contributed by atoms with van der Waals surface area (Å²) in [7, 11) is 0. The van der Waals surface area contributed by atoms with Crippen molar-refractivity contribution in [2.24, 2.45) is 5.92 Å². The lowest BCUT2D eigenvalue weighted by Crippen LogP contribution is -2.23. The van der Waals surface area contributed by atoms with Crippen molar-refractivity contribution in [1.82, 2.24) is 20.1 Å². The van der Waals surface area contributed by atoms with Crippen LogP contribution in [0.25, 0.3) is 6.08 Å². The molecule has 0 unspecified atom stereocenters. The highest BCUT2D eigenvalue weighted by molar-refractivity contribution is 7.98. The summed E-state index contributed by atoms with van der Waals surface area (Å²) in [5.41, 5.74) is 0. The minimum Gasteiger partial charge on any atom is -0.461 e. The normalized spacial score (nSPS) is 21.9. The van der Waals surface area contributed by atoms with Gasteiger partial charge in [0.05, 0.1) is 0 Å². The molecule has 2 aliphatic carbocycles. The molecule has 2 aromatic rings. The number of aryl methyl sites for hydroxylation is 1. The molecule has 4 rings (SSSR count). The van der Waals surface area contributed by atoms with Crippen molar-refractivity contribution in [3.05, 3.63) is 35.6 Å². The van der Waals surface area contributed by atoms with Gasteiger partial charge in [-0.3, -0.25) is 4.79 Å². The van der Waals surface area contributed by atoms with Crippen molar-refractivity contribution in [2.45, 2.75) is 69.0 Å². The third-order valence-electron chi connectivity index (χ3n) is 6.01. The number of amides is 1. The maximum absolute atomic E-state index is 12.1. The van der Waals surface area contributed by atoms with Gasteiger partial charge in [-0.05, 0) is 56.1 Å². The van der Waals surface area contributed by atoms with Crippen LogP contribution >= 0.6 is 11.8 Å². The molecule has 6 nitrogen and oxygen atoms in total. The van der Waals surface area contributed by atoms with Crippen LogP contribution in [0.3, 0.4) is 0 Å². The van der Waals surface area contributed by atoms with Gasteiger partial charge in [-0.15, -0.1) is 10.2 Å². The first kappa shape index (κ1) is 20.3. The summed E-state index contributed by atoms with van der Waals surface area (Å²) in [4.78, 5) is 12.1. The number of hydrogen-bond donors (Lipinski definition) is 1. The second kappa shape index (κ2) is 9.20. The molecule has 2 heterocycles. The Morgan fingerprint density at radius 1 is 1.34 bits per heavy atom. The Kier molecular flexibility index (Phi) is 6.43. The lowest BCUT2D eigenvalue weighted by Gasteiger charge is -2.16. The van der Waals surface area contributed by atoms with Gasteiger partial charge in [0.2, 0.25) is 5.91 Å². The number of rotatable bonds is 9. The molecule has 0 aliphatic heterocycles. The molecule has 0 spiro atoms. The monoisotopic (exact) mass is 414 g/mol. The third kappa shape index (κ3) is 4.94. The summed E-state index contributed by atoms with van der Waals surface area (Å²) in [6.45, 7) is 2.85. The molecule has 0 aromatic carbocycles. The number of carbonyl (C=O) groups is 1. The fourth-order valence-electron chi connectivity index (χ4n) is 4.20. The van der Waals surface area contributed by atoms with E-state index in [9.17, 15) is 4.79 Å². The van der Waals surface area contributed by atoms with Crippen LogP contribution in [-0.2, 0) is 11.2 Å². The molecule has 2 atom stereocenters. The summed E-state index contributed by atoms with van der Waals surface area (Å²) in [5, 5.41) is 12.7. The van der Waals surface area contributed by atoms with E-state index in [1.165, 1.54) is 32.1 Å². The van der Waals surface area contributed by atoms with Crippen LogP contribution in [-0.4, -0.2) is 33.5 Å². The number of hydrogen-bond acceptors (Lipinski definition) is 5. The molecule has 0 radical (unpaired) electrons. The first-order valence-corrected chi connectivity index (χ1v) is 11.9. The van der Waals surface area contributed by atoms with E-state index in [1.54, 1.807) is 23.9 Å². The molecule has 2 saturated carbocycles. The summed E-state index contributed by atoms with van der Waals surface area (Å²) < 4.78 is 8.13. The van der Waals surface area contributed by atoms with Crippen molar-refractivity contribution in [1.29, 1.82) is 0 Å². The van der Waals surface area contributed by atoms with E-state index in [1.807, 2.05) is 12.1 Å². The first-order chi connectivity index (χ1) is 14.2. The summed E-state index contributed by atoms with van der Waals surface area (Å²) in [5.74, 6) is 4.00. The second-order valence-corrected chi connectivity index (χ2v) is 8.97. The van der Waals surface area contributed by atoms with Gasteiger partial charge in [0.25, 0.3) is 0 Å². The van der Waals surface area contributed by atoms with Gasteiger partial charge >= 0.3 is 0 Å². The van der Waals surface area contributed by atoms with Crippen LogP contribution in [0.1, 0.15) is 74.8 Å². The van der Waals surface area contributed by atoms with E-state index in [4.69, 9.17) is 4.42 Å². The zero-order valence-electron chi connectivity index (χ0n) is 17.3. The first-order valence-electron chi connectivity index (χ1n) is 10.7. The Balaban J connectivity index is 1.23. The van der Waals surface area contributed by atoms with E-state index >= 15 is 0 Å². The minimum absolute atomic E-state index is 0.0928. The molecule has 1 N–H and O–H groups in total. The molecule has 2 aromatic heterocycles.